The van der Waals surface area contributed by atoms with Gasteiger partial charge in [-0.15, -0.1) is 0 Å². The summed E-state index contributed by atoms with van der Waals surface area (Å²) in [6.45, 7) is 2.53. The first-order valence-corrected chi connectivity index (χ1v) is 7.69. The number of rotatable bonds is 5. The fourth-order valence-electron chi connectivity index (χ4n) is 2.23. The minimum absolute atomic E-state index is 0.0222. The Labute approximate surface area is 121 Å². The van der Waals surface area contributed by atoms with Crippen LogP contribution in [0.15, 0.2) is 29.1 Å². The molecule has 0 spiro atoms. The Kier molecular flexibility index (Phi) is 4.13. The predicted octanol–water partition coefficient (Wildman–Crippen LogP) is 1.76. The number of thiophene rings is 1. The van der Waals surface area contributed by atoms with E-state index in [0.717, 1.165) is 17.7 Å². The topological polar surface area (TPSA) is 56.2 Å². The third-order valence-corrected chi connectivity index (χ3v) is 4.08. The number of amides is 1. The average molecular weight is 291 g/mol. The van der Waals surface area contributed by atoms with Crippen molar-refractivity contribution in [3.8, 4) is 11.3 Å². The summed E-state index contributed by atoms with van der Waals surface area (Å²) in [5.41, 5.74) is 2.11. The van der Waals surface area contributed by atoms with Gasteiger partial charge in [-0.25, -0.2) is 0 Å². The van der Waals surface area contributed by atoms with Gasteiger partial charge in [-0.1, -0.05) is 0 Å². The molecule has 0 aromatic carbocycles. The van der Waals surface area contributed by atoms with Crippen LogP contribution in [0.1, 0.15) is 6.42 Å². The molecule has 0 saturated carbocycles. The molecular formula is C14H17N3O2S. The van der Waals surface area contributed by atoms with E-state index < -0.39 is 0 Å². The molecule has 0 unspecified atom stereocenters. The zero-order chi connectivity index (χ0) is 13.8. The van der Waals surface area contributed by atoms with Gasteiger partial charge in [-0.05, 0) is 23.9 Å². The molecule has 0 radical (unpaired) electrons. The van der Waals surface area contributed by atoms with Gasteiger partial charge < -0.3 is 10.1 Å². The van der Waals surface area contributed by atoms with Crippen molar-refractivity contribution in [2.45, 2.75) is 13.0 Å². The van der Waals surface area contributed by atoms with E-state index in [1.54, 1.807) is 11.3 Å². The van der Waals surface area contributed by atoms with Crippen molar-refractivity contribution in [2.75, 3.05) is 19.8 Å². The molecule has 1 atom stereocenters. The van der Waals surface area contributed by atoms with Gasteiger partial charge >= 0.3 is 0 Å². The Bertz CT molecular complexity index is 559. The fourth-order valence-corrected chi connectivity index (χ4v) is 2.88. The minimum Gasteiger partial charge on any atom is -0.381 e. The summed E-state index contributed by atoms with van der Waals surface area (Å²) in [4.78, 5) is 11.8. The van der Waals surface area contributed by atoms with Crippen molar-refractivity contribution in [1.29, 1.82) is 0 Å². The van der Waals surface area contributed by atoms with E-state index in [2.05, 4.69) is 21.9 Å². The lowest BCUT2D eigenvalue weighted by Gasteiger charge is -2.09. The Hall–Kier alpha value is -1.66. The summed E-state index contributed by atoms with van der Waals surface area (Å²) in [6, 6.07) is 4.05. The van der Waals surface area contributed by atoms with Gasteiger partial charge in [0.2, 0.25) is 5.91 Å². The molecule has 1 saturated heterocycles. The molecule has 106 valence electrons. The predicted molar refractivity (Wildman–Crippen MR) is 77.5 cm³/mol. The molecular weight excluding hydrogens is 274 g/mol. The maximum absolute atomic E-state index is 11.8. The van der Waals surface area contributed by atoms with Crippen LogP contribution in [-0.2, 0) is 16.1 Å². The molecule has 1 aliphatic heterocycles. The summed E-state index contributed by atoms with van der Waals surface area (Å²) in [6.07, 6.45) is 2.77. The van der Waals surface area contributed by atoms with Crippen LogP contribution >= 0.6 is 11.3 Å². The van der Waals surface area contributed by atoms with E-state index in [1.165, 1.54) is 0 Å². The van der Waals surface area contributed by atoms with E-state index in [4.69, 9.17) is 4.74 Å². The molecule has 1 fully saturated rings. The first-order valence-electron chi connectivity index (χ1n) is 6.74. The quantitative estimate of drug-likeness (QED) is 0.913. The number of carbonyl (C=O) groups excluding carboxylic acids is 1. The zero-order valence-corrected chi connectivity index (χ0v) is 11.9. The van der Waals surface area contributed by atoms with Gasteiger partial charge in [0.25, 0.3) is 0 Å². The molecule has 1 N–H and O–H groups in total. The second-order valence-corrected chi connectivity index (χ2v) is 5.61. The zero-order valence-electron chi connectivity index (χ0n) is 11.1. The van der Waals surface area contributed by atoms with Crippen LogP contribution < -0.4 is 5.32 Å². The van der Waals surface area contributed by atoms with E-state index >= 15 is 0 Å². The van der Waals surface area contributed by atoms with Crippen LogP contribution in [0.3, 0.4) is 0 Å². The van der Waals surface area contributed by atoms with Gasteiger partial charge in [0, 0.05) is 30.3 Å². The third kappa shape index (κ3) is 3.08. The Balaban J connectivity index is 1.48. The van der Waals surface area contributed by atoms with Gasteiger partial charge in [-0.2, -0.15) is 16.4 Å². The lowest BCUT2D eigenvalue weighted by Crippen LogP contribution is -2.33. The minimum atomic E-state index is 0.0222. The van der Waals surface area contributed by atoms with E-state index in [1.807, 2.05) is 22.3 Å². The van der Waals surface area contributed by atoms with E-state index in [9.17, 15) is 4.79 Å². The smallest absolute Gasteiger partial charge is 0.225 e. The second kappa shape index (κ2) is 6.19. The molecule has 1 aliphatic rings. The SMILES string of the molecule is O=C(NCCn1ccc(-c2ccsc2)n1)[C@H]1CCOC1. The highest BCUT2D eigenvalue weighted by Crippen LogP contribution is 2.19. The summed E-state index contributed by atoms with van der Waals surface area (Å²) in [5, 5.41) is 11.6. The van der Waals surface area contributed by atoms with Gasteiger partial charge in [0.15, 0.2) is 0 Å². The molecule has 0 bridgehead atoms. The van der Waals surface area contributed by atoms with Crippen LogP contribution in [-0.4, -0.2) is 35.4 Å². The van der Waals surface area contributed by atoms with Crippen LogP contribution in [0.2, 0.25) is 0 Å². The number of hydrogen-bond donors (Lipinski definition) is 1. The maximum atomic E-state index is 11.8. The largest absolute Gasteiger partial charge is 0.381 e. The van der Waals surface area contributed by atoms with E-state index in [0.29, 0.717) is 26.3 Å². The van der Waals surface area contributed by atoms with Crippen LogP contribution in [0.25, 0.3) is 11.3 Å². The number of nitrogens with zero attached hydrogens (tertiary/aromatic N) is 2. The number of nitrogens with one attached hydrogen (secondary N) is 1. The molecule has 2 aromatic rings. The highest BCUT2D eigenvalue weighted by Gasteiger charge is 2.22. The fraction of sp³-hybridized carbons (Fsp3) is 0.429. The summed E-state index contributed by atoms with van der Waals surface area (Å²) >= 11 is 1.66. The monoisotopic (exact) mass is 291 g/mol. The molecule has 5 nitrogen and oxygen atoms in total. The van der Waals surface area contributed by atoms with Crippen molar-refractivity contribution in [2.24, 2.45) is 5.92 Å². The molecule has 20 heavy (non-hydrogen) atoms. The summed E-state index contributed by atoms with van der Waals surface area (Å²) < 4.78 is 7.07. The molecule has 1 amide bonds. The van der Waals surface area contributed by atoms with Gasteiger partial charge in [0.05, 0.1) is 24.8 Å². The Morgan fingerprint density at radius 1 is 1.55 bits per heavy atom. The number of hydrogen-bond acceptors (Lipinski definition) is 4. The van der Waals surface area contributed by atoms with Crippen LogP contribution in [0, 0.1) is 5.92 Å². The summed E-state index contributed by atoms with van der Waals surface area (Å²) in [7, 11) is 0. The third-order valence-electron chi connectivity index (χ3n) is 3.40. The van der Waals surface area contributed by atoms with Crippen LogP contribution in [0.4, 0.5) is 0 Å². The molecule has 3 rings (SSSR count). The summed E-state index contributed by atoms with van der Waals surface area (Å²) in [5.74, 6) is 0.113. The Morgan fingerprint density at radius 2 is 2.50 bits per heavy atom. The molecule has 0 aliphatic carbocycles. The highest BCUT2D eigenvalue weighted by atomic mass is 32.1. The first-order chi connectivity index (χ1) is 9.83. The second-order valence-electron chi connectivity index (χ2n) is 4.83. The molecule has 3 heterocycles. The van der Waals surface area contributed by atoms with Crippen molar-refractivity contribution >= 4 is 17.2 Å². The highest BCUT2D eigenvalue weighted by molar-refractivity contribution is 7.08. The standard InChI is InChI=1S/C14H17N3O2S/c18-14(11-2-7-19-9-11)15-4-6-17-5-1-13(16-17)12-3-8-20-10-12/h1,3,5,8,10-11H,2,4,6-7,9H2,(H,15,18)/t11-/m0/s1. The van der Waals surface area contributed by atoms with Gasteiger partial charge in [0.1, 0.15) is 0 Å². The normalized spacial score (nSPS) is 18.3. The molecule has 2 aromatic heterocycles. The number of ether oxygens (including phenoxy) is 1. The lowest BCUT2D eigenvalue weighted by atomic mass is 10.1. The van der Waals surface area contributed by atoms with Gasteiger partial charge in [-0.3, -0.25) is 9.48 Å². The Morgan fingerprint density at radius 3 is 3.25 bits per heavy atom. The van der Waals surface area contributed by atoms with E-state index in [-0.39, 0.29) is 11.8 Å². The molecule has 6 heteroatoms. The first kappa shape index (κ1) is 13.3. The van der Waals surface area contributed by atoms with Crippen molar-refractivity contribution < 1.29 is 9.53 Å². The number of carbonyl (C=O) groups is 1. The average Bonchev–Trinajstić information content (AvgIpc) is 3.20. The van der Waals surface area contributed by atoms with Crippen molar-refractivity contribution in [3.05, 3.63) is 29.1 Å². The van der Waals surface area contributed by atoms with Crippen LogP contribution in [0.5, 0.6) is 0 Å². The van der Waals surface area contributed by atoms with Crippen molar-refractivity contribution in [1.82, 2.24) is 15.1 Å². The lowest BCUT2D eigenvalue weighted by molar-refractivity contribution is -0.124. The van der Waals surface area contributed by atoms with Crippen molar-refractivity contribution in [3.63, 3.8) is 0 Å². The maximum Gasteiger partial charge on any atom is 0.225 e. The number of aromatic nitrogens is 2.